The molecule has 0 saturated carbocycles. The van der Waals surface area contributed by atoms with E-state index in [4.69, 9.17) is 4.74 Å². The first kappa shape index (κ1) is 20.8. The molecule has 2 aromatic rings. The van der Waals surface area contributed by atoms with E-state index in [2.05, 4.69) is 5.32 Å². The molecule has 0 heterocycles. The van der Waals surface area contributed by atoms with E-state index < -0.39 is 11.7 Å². The van der Waals surface area contributed by atoms with Crippen LogP contribution in [0.15, 0.2) is 54.6 Å². The van der Waals surface area contributed by atoms with Crippen LogP contribution in [0.1, 0.15) is 18.1 Å². The fraction of sp³-hybridized carbons (Fsp3) is 0.350. The molecule has 146 valence electrons. The van der Waals surface area contributed by atoms with E-state index in [-0.39, 0.29) is 12.5 Å². The predicted molar refractivity (Wildman–Crippen MR) is 98.3 cm³/mol. The van der Waals surface area contributed by atoms with Gasteiger partial charge in [0.25, 0.3) is 0 Å². The van der Waals surface area contributed by atoms with Crippen molar-refractivity contribution in [2.45, 2.75) is 19.6 Å². The minimum Gasteiger partial charge on any atom is -0.465 e. The van der Waals surface area contributed by atoms with Gasteiger partial charge in [-0.15, -0.1) is 0 Å². The number of carbonyl (C=O) groups is 1. The summed E-state index contributed by atoms with van der Waals surface area (Å²) in [5.74, 6) is -0.326. The van der Waals surface area contributed by atoms with Gasteiger partial charge in [0.05, 0.1) is 18.7 Å². The highest BCUT2D eigenvalue weighted by Gasteiger charge is 2.30. The number of carbonyl (C=O) groups excluding carboxylic acids is 1. The summed E-state index contributed by atoms with van der Waals surface area (Å²) in [5, 5.41) is 2.98. The number of anilines is 1. The number of halogens is 3. The van der Waals surface area contributed by atoms with Gasteiger partial charge in [0.15, 0.2) is 0 Å². The molecule has 0 aliphatic carbocycles. The summed E-state index contributed by atoms with van der Waals surface area (Å²) in [5.41, 5.74) is 0.738. The maximum absolute atomic E-state index is 12.8. The largest absolute Gasteiger partial charge is 0.465 e. The Balaban J connectivity index is 1.95. The molecule has 7 heteroatoms. The lowest BCUT2D eigenvalue weighted by Crippen LogP contribution is -2.34. The molecule has 0 unspecified atom stereocenters. The van der Waals surface area contributed by atoms with Crippen molar-refractivity contribution < 1.29 is 22.7 Å². The molecule has 0 aliphatic heterocycles. The third-order valence-corrected chi connectivity index (χ3v) is 3.85. The van der Waals surface area contributed by atoms with Crippen LogP contribution in [0.2, 0.25) is 0 Å². The molecule has 0 bridgehead atoms. The van der Waals surface area contributed by atoms with Gasteiger partial charge < -0.3 is 10.1 Å². The van der Waals surface area contributed by atoms with Crippen LogP contribution in [-0.4, -0.2) is 37.1 Å². The summed E-state index contributed by atoms with van der Waals surface area (Å²) >= 11 is 0. The Kier molecular flexibility index (Phi) is 7.67. The van der Waals surface area contributed by atoms with E-state index in [9.17, 15) is 18.0 Å². The highest BCUT2D eigenvalue weighted by Crippen LogP contribution is 2.30. The van der Waals surface area contributed by atoms with Crippen molar-refractivity contribution in [1.82, 2.24) is 4.90 Å². The Morgan fingerprint density at radius 1 is 1.11 bits per heavy atom. The molecule has 4 nitrogen and oxygen atoms in total. The monoisotopic (exact) mass is 380 g/mol. The van der Waals surface area contributed by atoms with Crippen LogP contribution in [0.4, 0.5) is 18.9 Å². The number of nitrogens with zero attached hydrogens (tertiary/aromatic N) is 1. The topological polar surface area (TPSA) is 41.6 Å². The first-order valence-corrected chi connectivity index (χ1v) is 8.71. The number of ether oxygens (including phenoxy) is 1. The Bertz CT molecular complexity index is 721. The molecule has 0 radical (unpaired) electrons. The summed E-state index contributed by atoms with van der Waals surface area (Å²) in [7, 11) is 0. The van der Waals surface area contributed by atoms with Crippen molar-refractivity contribution in [3.63, 3.8) is 0 Å². The molecule has 2 aromatic carbocycles. The van der Waals surface area contributed by atoms with Gasteiger partial charge in [0.1, 0.15) is 0 Å². The van der Waals surface area contributed by atoms with Crippen LogP contribution >= 0.6 is 0 Å². The fourth-order valence-corrected chi connectivity index (χ4v) is 2.61. The summed E-state index contributed by atoms with van der Waals surface area (Å²) in [6, 6.07) is 14.7. The molecule has 27 heavy (non-hydrogen) atoms. The van der Waals surface area contributed by atoms with E-state index in [1.807, 2.05) is 35.2 Å². The van der Waals surface area contributed by atoms with E-state index in [0.717, 1.165) is 17.7 Å². The Morgan fingerprint density at radius 2 is 1.85 bits per heavy atom. The molecule has 0 amide bonds. The van der Waals surface area contributed by atoms with Gasteiger partial charge in [-0.05, 0) is 30.7 Å². The zero-order valence-corrected chi connectivity index (χ0v) is 15.1. The lowest BCUT2D eigenvalue weighted by atomic mass is 10.2. The van der Waals surface area contributed by atoms with Crippen LogP contribution in [0.3, 0.4) is 0 Å². The summed E-state index contributed by atoms with van der Waals surface area (Å²) in [6.45, 7) is 3.59. The third kappa shape index (κ3) is 7.30. The molecule has 0 fully saturated rings. The van der Waals surface area contributed by atoms with E-state index in [1.165, 1.54) is 6.07 Å². The standard InChI is InChI=1S/C20H23F3N2O2/c1-2-27-19(26)15-25(14-16-7-4-3-5-8-16)12-11-24-18-10-6-9-17(13-18)20(21,22)23/h3-10,13,24H,2,11-12,14-15H2,1H3. The molecule has 0 saturated heterocycles. The highest BCUT2D eigenvalue weighted by atomic mass is 19.4. The molecule has 0 spiro atoms. The van der Waals surface area contributed by atoms with Gasteiger partial charge in [-0.3, -0.25) is 9.69 Å². The molecular weight excluding hydrogens is 357 g/mol. The molecular formula is C20H23F3N2O2. The SMILES string of the molecule is CCOC(=O)CN(CCNc1cccc(C(F)(F)F)c1)Cc1ccccc1. The number of hydrogen-bond acceptors (Lipinski definition) is 4. The molecule has 0 atom stereocenters. The summed E-state index contributed by atoms with van der Waals surface area (Å²) in [6.07, 6.45) is -4.37. The number of benzene rings is 2. The predicted octanol–water partition coefficient (Wildman–Crippen LogP) is 4.18. The van der Waals surface area contributed by atoms with Crippen molar-refractivity contribution in [2.75, 3.05) is 31.6 Å². The van der Waals surface area contributed by atoms with Gasteiger partial charge in [0.2, 0.25) is 0 Å². The van der Waals surface area contributed by atoms with Crippen LogP contribution in [0.5, 0.6) is 0 Å². The average molecular weight is 380 g/mol. The number of rotatable bonds is 9. The Hall–Kier alpha value is -2.54. The minimum absolute atomic E-state index is 0.118. The van der Waals surface area contributed by atoms with Crippen LogP contribution in [0, 0.1) is 0 Å². The normalized spacial score (nSPS) is 11.4. The van der Waals surface area contributed by atoms with Crippen molar-refractivity contribution in [3.8, 4) is 0 Å². The number of alkyl halides is 3. The third-order valence-electron chi connectivity index (χ3n) is 3.85. The lowest BCUT2D eigenvalue weighted by molar-refractivity contribution is -0.144. The molecule has 1 N–H and O–H groups in total. The maximum Gasteiger partial charge on any atom is 0.416 e. The fourth-order valence-electron chi connectivity index (χ4n) is 2.61. The second-order valence-electron chi connectivity index (χ2n) is 6.01. The highest BCUT2D eigenvalue weighted by molar-refractivity contribution is 5.71. The van der Waals surface area contributed by atoms with Crippen LogP contribution in [-0.2, 0) is 22.3 Å². The second kappa shape index (κ2) is 9.97. The van der Waals surface area contributed by atoms with Gasteiger partial charge >= 0.3 is 12.1 Å². The number of hydrogen-bond donors (Lipinski definition) is 1. The first-order chi connectivity index (χ1) is 12.9. The van der Waals surface area contributed by atoms with Crippen LogP contribution < -0.4 is 5.32 Å². The van der Waals surface area contributed by atoms with E-state index >= 15 is 0 Å². The smallest absolute Gasteiger partial charge is 0.416 e. The zero-order valence-electron chi connectivity index (χ0n) is 15.1. The first-order valence-electron chi connectivity index (χ1n) is 8.71. The Morgan fingerprint density at radius 3 is 2.52 bits per heavy atom. The maximum atomic E-state index is 12.8. The Labute approximate surface area is 156 Å². The quantitative estimate of drug-likeness (QED) is 0.663. The summed E-state index contributed by atoms with van der Waals surface area (Å²) in [4.78, 5) is 13.7. The van der Waals surface area contributed by atoms with Crippen molar-refractivity contribution in [3.05, 3.63) is 65.7 Å². The van der Waals surface area contributed by atoms with Crippen molar-refractivity contribution in [1.29, 1.82) is 0 Å². The van der Waals surface area contributed by atoms with Crippen molar-refractivity contribution in [2.24, 2.45) is 0 Å². The second-order valence-corrected chi connectivity index (χ2v) is 6.01. The van der Waals surface area contributed by atoms with E-state index in [0.29, 0.717) is 31.9 Å². The number of nitrogens with one attached hydrogen (secondary N) is 1. The number of esters is 1. The molecule has 0 aromatic heterocycles. The van der Waals surface area contributed by atoms with Gasteiger partial charge in [-0.1, -0.05) is 36.4 Å². The van der Waals surface area contributed by atoms with Crippen LogP contribution in [0.25, 0.3) is 0 Å². The molecule has 2 rings (SSSR count). The summed E-state index contributed by atoms with van der Waals surface area (Å²) < 4.78 is 43.4. The van der Waals surface area contributed by atoms with Gasteiger partial charge in [-0.25, -0.2) is 0 Å². The average Bonchev–Trinajstić information content (AvgIpc) is 2.62. The molecule has 0 aliphatic rings. The lowest BCUT2D eigenvalue weighted by Gasteiger charge is -2.22. The minimum atomic E-state index is -4.37. The van der Waals surface area contributed by atoms with E-state index in [1.54, 1.807) is 13.0 Å². The zero-order chi connectivity index (χ0) is 19.7. The van der Waals surface area contributed by atoms with Crippen molar-refractivity contribution >= 4 is 11.7 Å². The van der Waals surface area contributed by atoms with Gasteiger partial charge in [0, 0.05) is 25.3 Å². The van der Waals surface area contributed by atoms with Gasteiger partial charge in [-0.2, -0.15) is 13.2 Å².